The summed E-state index contributed by atoms with van der Waals surface area (Å²) < 4.78 is 5.14. The summed E-state index contributed by atoms with van der Waals surface area (Å²) in [6.45, 7) is 2.55. The number of rotatable bonds is 6. The molecule has 0 atom stereocenters. The highest BCUT2D eigenvalue weighted by atomic mass is 16.5. The van der Waals surface area contributed by atoms with Gasteiger partial charge in [-0.05, 0) is 37.0 Å². The fraction of sp³-hybridized carbons (Fsp3) is 0.389. The molecule has 24 heavy (non-hydrogen) atoms. The smallest absolute Gasteiger partial charge is 0.270 e. The van der Waals surface area contributed by atoms with Crippen LogP contribution in [0, 0.1) is 0 Å². The van der Waals surface area contributed by atoms with Gasteiger partial charge in [0.1, 0.15) is 23.6 Å². The van der Waals surface area contributed by atoms with Crippen LogP contribution in [0.1, 0.15) is 28.9 Å². The number of nitrogens with one attached hydrogen (secondary N) is 1. The number of carbonyl (C=O) groups is 1. The summed E-state index contributed by atoms with van der Waals surface area (Å²) in [6.07, 6.45) is 4.58. The number of ether oxygens (including phenoxy) is 1. The number of hydrogen-bond acceptors (Lipinski definition) is 5. The number of hydrogen-bond donors (Lipinski definition) is 1. The van der Waals surface area contributed by atoms with E-state index in [1.54, 1.807) is 13.2 Å². The molecule has 1 N–H and O–H groups in total. The molecule has 1 aromatic carbocycles. The second-order valence-electron chi connectivity index (χ2n) is 5.81. The van der Waals surface area contributed by atoms with Gasteiger partial charge in [0, 0.05) is 25.7 Å². The van der Waals surface area contributed by atoms with Gasteiger partial charge in [-0.3, -0.25) is 4.79 Å². The van der Waals surface area contributed by atoms with E-state index in [1.165, 1.54) is 19.2 Å². The van der Waals surface area contributed by atoms with E-state index in [0.717, 1.165) is 36.6 Å². The molecule has 126 valence electrons. The van der Waals surface area contributed by atoms with Gasteiger partial charge in [0.15, 0.2) is 0 Å². The van der Waals surface area contributed by atoms with Crippen molar-refractivity contribution < 1.29 is 9.53 Å². The lowest BCUT2D eigenvalue weighted by molar-refractivity contribution is 0.0949. The quantitative estimate of drug-likeness (QED) is 0.880. The molecule has 1 aromatic heterocycles. The van der Waals surface area contributed by atoms with Crippen LogP contribution in [0.4, 0.5) is 5.82 Å². The highest BCUT2D eigenvalue weighted by Gasteiger charge is 2.16. The normalized spacial score (nSPS) is 13.8. The van der Waals surface area contributed by atoms with Crippen molar-refractivity contribution in [3.63, 3.8) is 0 Å². The monoisotopic (exact) mass is 326 g/mol. The van der Waals surface area contributed by atoms with Crippen molar-refractivity contribution in [3.8, 4) is 5.75 Å². The Balaban J connectivity index is 1.53. The average Bonchev–Trinajstić information content (AvgIpc) is 3.17. The Hall–Kier alpha value is -2.63. The van der Waals surface area contributed by atoms with Gasteiger partial charge in [0.05, 0.1) is 7.11 Å². The Bertz CT molecular complexity index is 682. The van der Waals surface area contributed by atoms with E-state index in [2.05, 4.69) is 20.2 Å². The molecule has 3 rings (SSSR count). The van der Waals surface area contributed by atoms with E-state index in [9.17, 15) is 4.79 Å². The molecule has 1 amide bonds. The molecule has 0 spiro atoms. The van der Waals surface area contributed by atoms with E-state index in [-0.39, 0.29) is 5.91 Å². The van der Waals surface area contributed by atoms with Gasteiger partial charge in [0.25, 0.3) is 5.91 Å². The number of nitrogens with zero attached hydrogens (tertiary/aromatic N) is 3. The van der Waals surface area contributed by atoms with E-state index in [1.807, 2.05) is 24.3 Å². The minimum Gasteiger partial charge on any atom is -0.497 e. The standard InChI is InChI=1S/C18H22N4O2/c1-24-15-6-4-14(5-7-15)8-9-19-18(23)16-12-17(21-13-20-16)22-10-2-3-11-22/h4-7,12-13H,2-3,8-11H2,1H3,(H,19,23). The summed E-state index contributed by atoms with van der Waals surface area (Å²) in [5.74, 6) is 1.51. The largest absolute Gasteiger partial charge is 0.497 e. The van der Waals surface area contributed by atoms with E-state index >= 15 is 0 Å². The maximum Gasteiger partial charge on any atom is 0.270 e. The van der Waals surface area contributed by atoms with Gasteiger partial charge in [-0.15, -0.1) is 0 Å². The van der Waals surface area contributed by atoms with Crippen LogP contribution in [0.15, 0.2) is 36.7 Å². The summed E-state index contributed by atoms with van der Waals surface area (Å²) in [4.78, 5) is 22.8. The third-order valence-electron chi connectivity index (χ3n) is 4.17. The highest BCUT2D eigenvalue weighted by Crippen LogP contribution is 2.17. The molecule has 1 saturated heterocycles. The summed E-state index contributed by atoms with van der Waals surface area (Å²) in [7, 11) is 1.65. The topological polar surface area (TPSA) is 67.3 Å². The number of aromatic nitrogens is 2. The Morgan fingerprint density at radius 3 is 2.67 bits per heavy atom. The van der Waals surface area contributed by atoms with E-state index in [0.29, 0.717) is 12.2 Å². The molecule has 1 aliphatic heterocycles. The second kappa shape index (κ2) is 7.77. The lowest BCUT2D eigenvalue weighted by atomic mass is 10.1. The van der Waals surface area contributed by atoms with E-state index in [4.69, 9.17) is 4.74 Å². The molecule has 2 aromatic rings. The van der Waals surface area contributed by atoms with Crippen molar-refractivity contribution in [2.45, 2.75) is 19.3 Å². The zero-order valence-corrected chi connectivity index (χ0v) is 13.9. The fourth-order valence-corrected chi connectivity index (χ4v) is 2.79. The molecule has 1 fully saturated rings. The summed E-state index contributed by atoms with van der Waals surface area (Å²) in [6, 6.07) is 9.62. The Kier molecular flexibility index (Phi) is 5.25. The van der Waals surface area contributed by atoms with Crippen LogP contribution in [0.2, 0.25) is 0 Å². The van der Waals surface area contributed by atoms with Crippen LogP contribution in [0.3, 0.4) is 0 Å². The minimum absolute atomic E-state index is 0.161. The molecule has 0 saturated carbocycles. The predicted octanol–water partition coefficient (Wildman–Crippen LogP) is 2.06. The van der Waals surface area contributed by atoms with Crippen LogP contribution in [-0.2, 0) is 6.42 Å². The molecule has 0 radical (unpaired) electrons. The van der Waals surface area contributed by atoms with Gasteiger partial charge in [-0.25, -0.2) is 9.97 Å². The van der Waals surface area contributed by atoms with Crippen molar-refractivity contribution in [3.05, 3.63) is 47.9 Å². The number of anilines is 1. The molecule has 0 aliphatic carbocycles. The number of carbonyl (C=O) groups excluding carboxylic acids is 1. The molecule has 6 nitrogen and oxygen atoms in total. The van der Waals surface area contributed by atoms with Crippen molar-refractivity contribution in [2.75, 3.05) is 31.6 Å². The average molecular weight is 326 g/mol. The first-order chi connectivity index (χ1) is 11.8. The summed E-state index contributed by atoms with van der Waals surface area (Å²) in [5.41, 5.74) is 1.57. The SMILES string of the molecule is COc1ccc(CCNC(=O)c2cc(N3CCCC3)ncn2)cc1. The maximum absolute atomic E-state index is 12.3. The second-order valence-corrected chi connectivity index (χ2v) is 5.81. The van der Waals surface area contributed by atoms with Crippen molar-refractivity contribution in [1.29, 1.82) is 0 Å². The Morgan fingerprint density at radius 2 is 1.96 bits per heavy atom. The van der Waals surface area contributed by atoms with Gasteiger partial charge in [-0.1, -0.05) is 12.1 Å². The molecule has 6 heteroatoms. The highest BCUT2D eigenvalue weighted by molar-refractivity contribution is 5.92. The van der Waals surface area contributed by atoms with Crippen LogP contribution < -0.4 is 15.0 Å². The number of amides is 1. The molecule has 2 heterocycles. The lowest BCUT2D eigenvalue weighted by Crippen LogP contribution is -2.27. The third kappa shape index (κ3) is 4.01. The Labute approximate surface area is 141 Å². The fourth-order valence-electron chi connectivity index (χ4n) is 2.79. The first-order valence-electron chi connectivity index (χ1n) is 8.24. The first kappa shape index (κ1) is 16.2. The first-order valence-corrected chi connectivity index (χ1v) is 8.24. The van der Waals surface area contributed by atoms with Crippen LogP contribution in [0.5, 0.6) is 5.75 Å². The van der Waals surface area contributed by atoms with Crippen LogP contribution >= 0.6 is 0 Å². The number of methoxy groups -OCH3 is 1. The zero-order valence-electron chi connectivity index (χ0n) is 13.9. The van der Waals surface area contributed by atoms with Crippen molar-refractivity contribution in [2.24, 2.45) is 0 Å². The van der Waals surface area contributed by atoms with E-state index < -0.39 is 0 Å². The molecular formula is C18H22N4O2. The van der Waals surface area contributed by atoms with Gasteiger partial charge in [-0.2, -0.15) is 0 Å². The summed E-state index contributed by atoms with van der Waals surface area (Å²) in [5, 5.41) is 2.91. The number of benzene rings is 1. The third-order valence-corrected chi connectivity index (χ3v) is 4.17. The predicted molar refractivity (Wildman–Crippen MR) is 92.5 cm³/mol. The van der Waals surface area contributed by atoms with Gasteiger partial charge in [0.2, 0.25) is 0 Å². The van der Waals surface area contributed by atoms with Crippen molar-refractivity contribution >= 4 is 11.7 Å². The Morgan fingerprint density at radius 1 is 1.21 bits per heavy atom. The van der Waals surface area contributed by atoms with Gasteiger partial charge >= 0.3 is 0 Å². The minimum atomic E-state index is -0.161. The van der Waals surface area contributed by atoms with Gasteiger partial charge < -0.3 is 15.0 Å². The van der Waals surface area contributed by atoms with Crippen LogP contribution in [-0.4, -0.2) is 42.6 Å². The van der Waals surface area contributed by atoms with Crippen molar-refractivity contribution in [1.82, 2.24) is 15.3 Å². The molecule has 0 unspecified atom stereocenters. The van der Waals surface area contributed by atoms with Crippen LogP contribution in [0.25, 0.3) is 0 Å². The molecule has 1 aliphatic rings. The molecular weight excluding hydrogens is 304 g/mol. The maximum atomic E-state index is 12.3. The lowest BCUT2D eigenvalue weighted by Gasteiger charge is -2.16. The molecule has 0 bridgehead atoms. The summed E-state index contributed by atoms with van der Waals surface area (Å²) >= 11 is 0. The zero-order chi connectivity index (χ0) is 16.8.